The van der Waals surface area contributed by atoms with Crippen molar-refractivity contribution in [2.45, 2.75) is 25.5 Å². The van der Waals surface area contributed by atoms with Crippen LogP contribution in [0.4, 0.5) is 4.39 Å². The summed E-state index contributed by atoms with van der Waals surface area (Å²) in [5.41, 5.74) is 1.49. The van der Waals surface area contributed by atoms with Crippen molar-refractivity contribution in [2.24, 2.45) is 0 Å². The van der Waals surface area contributed by atoms with Gasteiger partial charge in [0.2, 0.25) is 0 Å². The van der Waals surface area contributed by atoms with E-state index in [-0.39, 0.29) is 18.5 Å². The highest BCUT2D eigenvalue weighted by molar-refractivity contribution is 5.37. The first-order valence-corrected chi connectivity index (χ1v) is 6.47. The maximum Gasteiger partial charge on any atom is 0.124 e. The maximum atomic E-state index is 13.5. The molecule has 2 N–H and O–H groups in total. The molecular formula is C15H18FNO2. The normalized spacial score (nSPS) is 19.2. The molecule has 1 heterocycles. The zero-order chi connectivity index (χ0) is 13.7. The van der Waals surface area contributed by atoms with Gasteiger partial charge in [-0.3, -0.25) is 4.90 Å². The fourth-order valence-electron chi connectivity index (χ4n) is 2.25. The number of aliphatic hydroxyl groups is 2. The molecule has 1 aliphatic rings. The first-order chi connectivity index (χ1) is 9.17. The quantitative estimate of drug-likeness (QED) is 0.803. The summed E-state index contributed by atoms with van der Waals surface area (Å²) in [6.45, 7) is 2.12. The zero-order valence-corrected chi connectivity index (χ0v) is 10.8. The number of aliphatic hydroxyl groups excluding tert-OH is 2. The van der Waals surface area contributed by atoms with Gasteiger partial charge in [-0.1, -0.05) is 11.8 Å². The van der Waals surface area contributed by atoms with E-state index < -0.39 is 0 Å². The van der Waals surface area contributed by atoms with Crippen molar-refractivity contribution in [2.75, 3.05) is 19.7 Å². The average molecular weight is 263 g/mol. The average Bonchev–Trinajstić information content (AvgIpc) is 2.74. The van der Waals surface area contributed by atoms with Gasteiger partial charge < -0.3 is 10.2 Å². The number of β-amino-alcohol motifs (C(OH)–C–C–N with tert-alkyl or cyclic N) is 1. The highest BCUT2D eigenvalue weighted by atomic mass is 19.1. The van der Waals surface area contributed by atoms with Crippen LogP contribution >= 0.6 is 0 Å². The summed E-state index contributed by atoms with van der Waals surface area (Å²) in [4.78, 5) is 2.10. The molecule has 0 saturated carbocycles. The van der Waals surface area contributed by atoms with Crippen LogP contribution in [-0.4, -0.2) is 40.9 Å². The van der Waals surface area contributed by atoms with Gasteiger partial charge >= 0.3 is 0 Å². The number of likely N-dealkylation sites (tertiary alicyclic amines) is 1. The standard InChI is InChI=1S/C15H18FNO2/c16-14-8-12(3-1-2-6-18)7-13(9-14)10-17-5-4-15(19)11-17/h7-9,15,18-19H,2,4-6,10-11H2. The van der Waals surface area contributed by atoms with Gasteiger partial charge in [0.25, 0.3) is 0 Å². The smallest absolute Gasteiger partial charge is 0.124 e. The number of rotatable bonds is 3. The van der Waals surface area contributed by atoms with E-state index in [0.717, 1.165) is 18.5 Å². The molecule has 1 fully saturated rings. The third-order valence-electron chi connectivity index (χ3n) is 3.08. The lowest BCUT2D eigenvalue weighted by molar-refractivity contribution is 0.175. The van der Waals surface area contributed by atoms with E-state index >= 15 is 0 Å². The molecule has 2 rings (SSSR count). The molecule has 0 radical (unpaired) electrons. The van der Waals surface area contributed by atoms with E-state index in [1.807, 2.05) is 6.07 Å². The SMILES string of the molecule is OCCC#Cc1cc(F)cc(CN2CCC(O)C2)c1. The maximum absolute atomic E-state index is 13.5. The molecule has 0 aliphatic carbocycles. The van der Waals surface area contributed by atoms with E-state index in [2.05, 4.69) is 16.7 Å². The second kappa shape index (κ2) is 6.67. The minimum atomic E-state index is -0.300. The lowest BCUT2D eigenvalue weighted by Crippen LogP contribution is -2.21. The van der Waals surface area contributed by atoms with E-state index in [9.17, 15) is 9.50 Å². The molecule has 102 valence electrons. The molecule has 3 nitrogen and oxygen atoms in total. The van der Waals surface area contributed by atoms with Crippen LogP contribution in [0.25, 0.3) is 0 Å². The fraction of sp³-hybridized carbons (Fsp3) is 0.467. The second-order valence-corrected chi connectivity index (χ2v) is 4.80. The molecule has 1 atom stereocenters. The molecule has 0 bridgehead atoms. The van der Waals surface area contributed by atoms with Gasteiger partial charge in [0.15, 0.2) is 0 Å². The highest BCUT2D eigenvalue weighted by Crippen LogP contribution is 2.15. The van der Waals surface area contributed by atoms with Crippen molar-refractivity contribution in [3.63, 3.8) is 0 Å². The monoisotopic (exact) mass is 263 g/mol. The third kappa shape index (κ3) is 4.32. The van der Waals surface area contributed by atoms with Crippen LogP contribution in [0.1, 0.15) is 24.0 Å². The minimum Gasteiger partial charge on any atom is -0.395 e. The van der Waals surface area contributed by atoms with Crippen LogP contribution in [0.3, 0.4) is 0 Å². The van der Waals surface area contributed by atoms with Gasteiger partial charge in [0.1, 0.15) is 5.82 Å². The molecule has 1 unspecified atom stereocenters. The predicted octanol–water partition coefficient (Wildman–Crippen LogP) is 1.13. The summed E-state index contributed by atoms with van der Waals surface area (Å²) in [5, 5.41) is 18.1. The molecule has 0 amide bonds. The van der Waals surface area contributed by atoms with Gasteiger partial charge in [-0.2, -0.15) is 0 Å². The van der Waals surface area contributed by atoms with Crippen molar-refractivity contribution in [3.05, 3.63) is 35.1 Å². The summed E-state index contributed by atoms with van der Waals surface area (Å²) in [6.07, 6.45) is 0.903. The Kier molecular flexibility index (Phi) is 4.92. The van der Waals surface area contributed by atoms with Gasteiger partial charge in [0, 0.05) is 31.6 Å². The molecule has 1 aromatic carbocycles. The molecule has 0 aromatic heterocycles. The first kappa shape index (κ1) is 14.0. The molecule has 1 saturated heterocycles. The summed E-state index contributed by atoms with van der Waals surface area (Å²) >= 11 is 0. The van der Waals surface area contributed by atoms with Crippen LogP contribution in [0, 0.1) is 17.7 Å². The van der Waals surface area contributed by atoms with Crippen molar-refractivity contribution >= 4 is 0 Å². The molecule has 1 aromatic rings. The number of halogens is 1. The van der Waals surface area contributed by atoms with Gasteiger partial charge in [-0.25, -0.2) is 4.39 Å². The van der Waals surface area contributed by atoms with Crippen molar-refractivity contribution < 1.29 is 14.6 Å². The lowest BCUT2D eigenvalue weighted by atomic mass is 10.1. The largest absolute Gasteiger partial charge is 0.395 e. The van der Waals surface area contributed by atoms with Gasteiger partial charge in [-0.15, -0.1) is 0 Å². The van der Waals surface area contributed by atoms with Crippen molar-refractivity contribution in [1.29, 1.82) is 0 Å². The van der Waals surface area contributed by atoms with Gasteiger partial charge in [-0.05, 0) is 30.2 Å². The first-order valence-electron chi connectivity index (χ1n) is 6.47. The van der Waals surface area contributed by atoms with E-state index in [0.29, 0.717) is 25.1 Å². The molecule has 0 spiro atoms. The lowest BCUT2D eigenvalue weighted by Gasteiger charge is -2.15. The third-order valence-corrected chi connectivity index (χ3v) is 3.08. The van der Waals surface area contributed by atoms with Crippen molar-refractivity contribution in [3.8, 4) is 11.8 Å². The van der Waals surface area contributed by atoms with Gasteiger partial charge in [0.05, 0.1) is 12.7 Å². The van der Waals surface area contributed by atoms with E-state index in [1.54, 1.807) is 0 Å². The Balaban J connectivity index is 2.06. The summed E-state index contributed by atoms with van der Waals surface area (Å²) in [7, 11) is 0. The fourth-order valence-corrected chi connectivity index (χ4v) is 2.25. The van der Waals surface area contributed by atoms with Crippen LogP contribution in [0.2, 0.25) is 0 Å². The Morgan fingerprint density at radius 2 is 2.21 bits per heavy atom. The van der Waals surface area contributed by atoms with Crippen LogP contribution in [-0.2, 0) is 6.54 Å². The van der Waals surface area contributed by atoms with Crippen LogP contribution < -0.4 is 0 Å². The van der Waals surface area contributed by atoms with Crippen LogP contribution in [0.15, 0.2) is 18.2 Å². The Morgan fingerprint density at radius 1 is 1.37 bits per heavy atom. The number of nitrogens with zero attached hydrogens (tertiary/aromatic N) is 1. The topological polar surface area (TPSA) is 43.7 Å². The molecule has 1 aliphatic heterocycles. The minimum absolute atomic E-state index is 0.0147. The van der Waals surface area contributed by atoms with Crippen LogP contribution in [0.5, 0.6) is 0 Å². The molecular weight excluding hydrogens is 245 g/mol. The Morgan fingerprint density at radius 3 is 2.89 bits per heavy atom. The number of hydrogen-bond donors (Lipinski definition) is 2. The van der Waals surface area contributed by atoms with Crippen molar-refractivity contribution in [1.82, 2.24) is 4.90 Å². The highest BCUT2D eigenvalue weighted by Gasteiger charge is 2.20. The molecule has 19 heavy (non-hydrogen) atoms. The van der Waals surface area contributed by atoms with E-state index in [4.69, 9.17) is 5.11 Å². The zero-order valence-electron chi connectivity index (χ0n) is 10.8. The molecule has 4 heteroatoms. The predicted molar refractivity (Wildman–Crippen MR) is 70.9 cm³/mol. The van der Waals surface area contributed by atoms with E-state index in [1.165, 1.54) is 12.1 Å². The summed E-state index contributed by atoms with van der Waals surface area (Å²) < 4.78 is 13.5. The second-order valence-electron chi connectivity index (χ2n) is 4.80. The Hall–Kier alpha value is -1.41. The Bertz CT molecular complexity index is 493. The summed E-state index contributed by atoms with van der Waals surface area (Å²) in [5.74, 6) is 5.33. The summed E-state index contributed by atoms with van der Waals surface area (Å²) in [6, 6.07) is 4.76. The number of hydrogen-bond acceptors (Lipinski definition) is 3. The Labute approximate surface area is 112 Å². The number of benzene rings is 1.